The largest absolute Gasteiger partial charge is 0.508 e. The second kappa shape index (κ2) is 11.9. The number of phenols is 4. The average molecular weight is 511 g/mol. The summed E-state index contributed by atoms with van der Waals surface area (Å²) < 4.78 is 0. The van der Waals surface area contributed by atoms with Crippen molar-refractivity contribution in [1.82, 2.24) is 0 Å². The molecule has 0 heterocycles. The zero-order chi connectivity index (χ0) is 23.9. The van der Waals surface area contributed by atoms with Crippen molar-refractivity contribution in [2.75, 3.05) is 0 Å². The molecule has 4 rings (SSSR count). The van der Waals surface area contributed by atoms with Gasteiger partial charge >= 0.3 is 0 Å². The van der Waals surface area contributed by atoms with Gasteiger partial charge in [-0.05, 0) is 59.7 Å². The van der Waals surface area contributed by atoms with Crippen LogP contribution in [0.5, 0.6) is 23.0 Å². The summed E-state index contributed by atoms with van der Waals surface area (Å²) in [6.45, 7) is 0. The predicted octanol–water partition coefficient (Wildman–Crippen LogP) is 5.53. The van der Waals surface area contributed by atoms with Crippen molar-refractivity contribution in [1.29, 1.82) is 0 Å². The van der Waals surface area contributed by atoms with Gasteiger partial charge in [-0.3, -0.25) is 9.98 Å². The second-order valence-corrected chi connectivity index (χ2v) is 7.75. The minimum atomic E-state index is -0.535. The van der Waals surface area contributed by atoms with Gasteiger partial charge in [-0.1, -0.05) is 48.5 Å². The first kappa shape index (κ1) is 25.5. The standard InChI is InChI=1S/C28H24N2O4.Co/c31-23-13-9-19(10-14-23)27(29-17-21-5-1-3-7-25(21)33)28(20-11-15-24(32)16-12-20)30-18-22-6-2-4-8-26(22)34;/h1-18,27-28,31-34H;. The molecule has 179 valence electrons. The van der Waals surface area contributed by atoms with E-state index in [1.165, 1.54) is 0 Å². The van der Waals surface area contributed by atoms with Crippen LogP contribution in [0.15, 0.2) is 107 Å². The fourth-order valence-corrected chi connectivity index (χ4v) is 3.56. The molecule has 2 unspecified atom stereocenters. The number of hydrogen-bond donors (Lipinski definition) is 4. The van der Waals surface area contributed by atoms with Gasteiger partial charge < -0.3 is 20.4 Å². The molecule has 0 saturated heterocycles. The molecular weight excluding hydrogens is 487 g/mol. The van der Waals surface area contributed by atoms with Gasteiger partial charge in [-0.2, -0.15) is 0 Å². The quantitative estimate of drug-likeness (QED) is 0.245. The van der Waals surface area contributed by atoms with Gasteiger partial charge in [0.25, 0.3) is 0 Å². The van der Waals surface area contributed by atoms with Crippen molar-refractivity contribution in [3.8, 4) is 23.0 Å². The van der Waals surface area contributed by atoms with Gasteiger partial charge in [0, 0.05) is 40.3 Å². The summed E-state index contributed by atoms with van der Waals surface area (Å²) in [6, 6.07) is 26.1. The Bertz CT molecular complexity index is 1200. The fourth-order valence-electron chi connectivity index (χ4n) is 3.56. The van der Waals surface area contributed by atoms with Crippen molar-refractivity contribution in [3.63, 3.8) is 0 Å². The Morgan fingerprint density at radius 2 is 0.829 bits per heavy atom. The molecule has 7 heteroatoms. The van der Waals surface area contributed by atoms with Crippen molar-refractivity contribution < 1.29 is 37.2 Å². The first-order chi connectivity index (χ1) is 16.5. The predicted molar refractivity (Wildman–Crippen MR) is 133 cm³/mol. The number of aliphatic imine (C=N–C) groups is 2. The monoisotopic (exact) mass is 511 g/mol. The number of aromatic hydroxyl groups is 4. The van der Waals surface area contributed by atoms with Crippen LogP contribution in [0.2, 0.25) is 0 Å². The molecule has 2 atom stereocenters. The minimum absolute atomic E-state index is 0. The third-order valence-corrected chi connectivity index (χ3v) is 5.39. The molecule has 0 saturated carbocycles. The van der Waals surface area contributed by atoms with Crippen LogP contribution in [0, 0.1) is 0 Å². The van der Waals surface area contributed by atoms with E-state index in [1.807, 2.05) is 12.1 Å². The molecule has 0 aliphatic heterocycles. The Kier molecular flexibility index (Phi) is 8.67. The van der Waals surface area contributed by atoms with E-state index in [9.17, 15) is 20.4 Å². The molecule has 0 aromatic heterocycles. The number of nitrogens with zero attached hydrogens (tertiary/aromatic N) is 2. The molecule has 0 aliphatic carbocycles. The third kappa shape index (κ3) is 6.50. The Hall–Kier alpha value is -4.07. The zero-order valence-electron chi connectivity index (χ0n) is 18.6. The maximum absolute atomic E-state index is 10.2. The third-order valence-electron chi connectivity index (χ3n) is 5.39. The SMILES string of the molecule is Oc1ccc(C(N=Cc2ccccc2O)C(N=Cc2ccccc2O)c2ccc(O)cc2)cc1.[Co]. The molecule has 35 heavy (non-hydrogen) atoms. The van der Waals surface area contributed by atoms with Crippen molar-refractivity contribution in [2.45, 2.75) is 12.1 Å². The molecule has 0 fully saturated rings. The van der Waals surface area contributed by atoms with Crippen molar-refractivity contribution in [2.24, 2.45) is 9.98 Å². The number of benzene rings is 4. The van der Waals surface area contributed by atoms with Gasteiger partial charge in [-0.15, -0.1) is 0 Å². The number of hydrogen-bond acceptors (Lipinski definition) is 6. The average Bonchev–Trinajstić information content (AvgIpc) is 2.84. The zero-order valence-corrected chi connectivity index (χ0v) is 19.6. The van der Waals surface area contributed by atoms with Crippen LogP contribution in [0.4, 0.5) is 0 Å². The van der Waals surface area contributed by atoms with E-state index < -0.39 is 12.1 Å². The molecule has 0 aliphatic rings. The molecule has 0 bridgehead atoms. The van der Waals surface area contributed by atoms with Gasteiger partial charge in [-0.25, -0.2) is 0 Å². The molecule has 4 N–H and O–H groups in total. The first-order valence-electron chi connectivity index (χ1n) is 10.7. The molecule has 4 aromatic rings. The normalized spacial score (nSPS) is 12.9. The molecule has 0 spiro atoms. The molecule has 6 nitrogen and oxygen atoms in total. The first-order valence-corrected chi connectivity index (χ1v) is 10.7. The molecule has 4 aromatic carbocycles. The van der Waals surface area contributed by atoms with Crippen LogP contribution in [-0.4, -0.2) is 32.9 Å². The Labute approximate surface area is 213 Å². The van der Waals surface area contributed by atoms with E-state index in [1.54, 1.807) is 97.4 Å². The summed E-state index contributed by atoms with van der Waals surface area (Å²) >= 11 is 0. The smallest absolute Gasteiger partial charge is 0.124 e. The maximum atomic E-state index is 10.2. The van der Waals surface area contributed by atoms with Gasteiger partial charge in [0.1, 0.15) is 35.1 Å². The minimum Gasteiger partial charge on any atom is -0.508 e. The summed E-state index contributed by atoms with van der Waals surface area (Å²) in [6.07, 6.45) is 3.19. The van der Waals surface area contributed by atoms with Crippen LogP contribution < -0.4 is 0 Å². The molecule has 1 radical (unpaired) electrons. The van der Waals surface area contributed by atoms with Gasteiger partial charge in [0.05, 0.1) is 0 Å². The summed E-state index contributed by atoms with van der Waals surface area (Å²) in [4.78, 5) is 9.57. The van der Waals surface area contributed by atoms with E-state index in [4.69, 9.17) is 9.98 Å². The van der Waals surface area contributed by atoms with Crippen LogP contribution in [0.1, 0.15) is 34.3 Å². The van der Waals surface area contributed by atoms with Gasteiger partial charge in [0.15, 0.2) is 0 Å². The van der Waals surface area contributed by atoms with Crippen molar-refractivity contribution in [3.05, 3.63) is 119 Å². The molecular formula is C28H24CoN2O4. The number of phenolic OH excluding ortho intramolecular Hbond substituents is 4. The van der Waals surface area contributed by atoms with E-state index in [0.29, 0.717) is 11.1 Å². The van der Waals surface area contributed by atoms with Crippen LogP contribution in [-0.2, 0) is 16.8 Å². The van der Waals surface area contributed by atoms with Crippen molar-refractivity contribution >= 4 is 12.4 Å². The van der Waals surface area contributed by atoms with E-state index >= 15 is 0 Å². The number of rotatable bonds is 7. The Morgan fingerprint density at radius 3 is 1.17 bits per heavy atom. The summed E-state index contributed by atoms with van der Waals surface area (Å²) in [5, 5.41) is 40.0. The van der Waals surface area contributed by atoms with E-state index in [-0.39, 0.29) is 39.8 Å². The Balaban J connectivity index is 0.00000342. The summed E-state index contributed by atoms with van der Waals surface area (Å²) in [5.74, 6) is 0.473. The summed E-state index contributed by atoms with van der Waals surface area (Å²) in [5.41, 5.74) is 2.69. The van der Waals surface area contributed by atoms with Crippen LogP contribution >= 0.6 is 0 Å². The second-order valence-electron chi connectivity index (χ2n) is 7.75. The topological polar surface area (TPSA) is 106 Å². The molecule has 0 amide bonds. The fraction of sp³-hybridized carbons (Fsp3) is 0.0714. The van der Waals surface area contributed by atoms with Crippen LogP contribution in [0.3, 0.4) is 0 Å². The van der Waals surface area contributed by atoms with E-state index in [2.05, 4.69) is 0 Å². The number of para-hydroxylation sites is 2. The Morgan fingerprint density at radius 1 is 0.486 bits per heavy atom. The maximum Gasteiger partial charge on any atom is 0.124 e. The van der Waals surface area contributed by atoms with E-state index in [0.717, 1.165) is 11.1 Å². The van der Waals surface area contributed by atoms with Crippen LogP contribution in [0.25, 0.3) is 0 Å². The van der Waals surface area contributed by atoms with Gasteiger partial charge in [0.2, 0.25) is 0 Å². The summed E-state index contributed by atoms with van der Waals surface area (Å²) in [7, 11) is 0.